The van der Waals surface area contributed by atoms with E-state index in [0.717, 1.165) is 6.26 Å². The molecule has 0 N–H and O–H groups in total. The molecule has 0 aliphatic carbocycles. The molecule has 0 radical (unpaired) electrons. The molecule has 0 aromatic heterocycles. The number of hydrogen-bond acceptors (Lipinski definition) is 4. The topological polar surface area (TPSA) is 52.6 Å². The van der Waals surface area contributed by atoms with Crippen LogP contribution in [0.1, 0.15) is 20.8 Å². The molecular formula is C10H23FO4SSi. The third-order valence-corrected chi connectivity index (χ3v) is 8.04. The molecule has 0 spiro atoms. The van der Waals surface area contributed by atoms with E-state index in [9.17, 15) is 12.8 Å². The maximum absolute atomic E-state index is 12.6. The van der Waals surface area contributed by atoms with Gasteiger partial charge in [0.25, 0.3) is 10.1 Å². The molecular weight excluding hydrogens is 263 g/mol. The van der Waals surface area contributed by atoms with Crippen LogP contribution in [0.15, 0.2) is 0 Å². The summed E-state index contributed by atoms with van der Waals surface area (Å²) in [7, 11) is -5.64. The van der Waals surface area contributed by atoms with Crippen molar-refractivity contribution in [2.45, 2.75) is 45.0 Å². The summed E-state index contributed by atoms with van der Waals surface area (Å²) in [5.41, 5.74) is 0. The Kier molecular flexibility index (Phi) is 5.78. The van der Waals surface area contributed by atoms with Gasteiger partial charge in [0.1, 0.15) is 12.8 Å². The van der Waals surface area contributed by atoms with Gasteiger partial charge in [-0.3, -0.25) is 4.18 Å². The zero-order valence-electron chi connectivity index (χ0n) is 11.4. The summed E-state index contributed by atoms with van der Waals surface area (Å²) in [6.07, 6.45) is -0.138. The third kappa shape index (κ3) is 6.49. The number of rotatable bonds is 6. The lowest BCUT2D eigenvalue weighted by molar-refractivity contribution is 0.104. The summed E-state index contributed by atoms with van der Waals surface area (Å²) in [5.74, 6) is 0. The molecule has 0 amide bonds. The highest BCUT2D eigenvalue weighted by molar-refractivity contribution is 7.86. The van der Waals surface area contributed by atoms with Gasteiger partial charge in [-0.15, -0.1) is 0 Å². The number of hydrogen-bond donors (Lipinski definition) is 0. The van der Waals surface area contributed by atoms with Gasteiger partial charge in [-0.25, -0.2) is 4.39 Å². The first kappa shape index (κ1) is 17.0. The van der Waals surface area contributed by atoms with Crippen molar-refractivity contribution in [2.24, 2.45) is 0 Å². The van der Waals surface area contributed by atoms with Crippen molar-refractivity contribution < 1.29 is 21.4 Å². The second kappa shape index (κ2) is 5.77. The van der Waals surface area contributed by atoms with E-state index in [-0.39, 0.29) is 11.6 Å². The van der Waals surface area contributed by atoms with Crippen LogP contribution < -0.4 is 0 Å². The largest absolute Gasteiger partial charge is 0.414 e. The van der Waals surface area contributed by atoms with Crippen LogP contribution in [0, 0.1) is 0 Å². The van der Waals surface area contributed by atoms with Gasteiger partial charge in [0.15, 0.2) is 8.32 Å². The SMILES string of the molecule is CC(C)(C)[Si](C)(C)OCC(CF)OS(C)(=O)=O. The Morgan fingerprint density at radius 1 is 1.29 bits per heavy atom. The van der Waals surface area contributed by atoms with Crippen molar-refractivity contribution in [2.75, 3.05) is 19.5 Å². The molecule has 0 aliphatic heterocycles. The Balaban J connectivity index is 4.44. The van der Waals surface area contributed by atoms with Gasteiger partial charge in [0.2, 0.25) is 0 Å². The van der Waals surface area contributed by atoms with Crippen LogP contribution in [0.25, 0.3) is 0 Å². The fourth-order valence-corrected chi connectivity index (χ4v) is 2.50. The predicted octanol–water partition coefficient (Wildman–Crippen LogP) is 2.32. The van der Waals surface area contributed by atoms with Crippen LogP contribution in [0.5, 0.6) is 0 Å². The van der Waals surface area contributed by atoms with Crippen LogP contribution in [0.3, 0.4) is 0 Å². The number of halogens is 1. The molecule has 0 heterocycles. The Bertz CT molecular complexity index is 335. The van der Waals surface area contributed by atoms with Crippen molar-refractivity contribution in [1.82, 2.24) is 0 Å². The Morgan fingerprint density at radius 3 is 2.06 bits per heavy atom. The Labute approximate surface area is 105 Å². The molecule has 0 saturated carbocycles. The van der Waals surface area contributed by atoms with E-state index in [4.69, 9.17) is 4.43 Å². The lowest BCUT2D eigenvalue weighted by Crippen LogP contribution is -2.43. The van der Waals surface area contributed by atoms with Crippen molar-refractivity contribution >= 4 is 18.4 Å². The van der Waals surface area contributed by atoms with Crippen LogP contribution in [0.4, 0.5) is 4.39 Å². The Morgan fingerprint density at radius 2 is 1.76 bits per heavy atom. The Hall–Kier alpha value is 0.0169. The van der Waals surface area contributed by atoms with Gasteiger partial charge in [-0.05, 0) is 18.1 Å². The first-order chi connectivity index (χ1) is 7.39. The van der Waals surface area contributed by atoms with Crippen LogP contribution in [-0.4, -0.2) is 42.4 Å². The van der Waals surface area contributed by atoms with Crippen LogP contribution in [0.2, 0.25) is 18.1 Å². The summed E-state index contributed by atoms with van der Waals surface area (Å²) in [5, 5.41) is -0.00104. The van der Waals surface area contributed by atoms with Crippen LogP contribution >= 0.6 is 0 Å². The van der Waals surface area contributed by atoms with Gasteiger partial charge in [0, 0.05) is 0 Å². The van der Waals surface area contributed by atoms with E-state index in [1.807, 2.05) is 13.1 Å². The van der Waals surface area contributed by atoms with Gasteiger partial charge in [0.05, 0.1) is 12.9 Å². The predicted molar refractivity (Wildman–Crippen MR) is 68.8 cm³/mol. The summed E-state index contributed by atoms with van der Waals surface area (Å²) >= 11 is 0. The van der Waals surface area contributed by atoms with Gasteiger partial charge in [-0.1, -0.05) is 20.8 Å². The molecule has 0 aliphatic rings. The summed E-state index contributed by atoms with van der Waals surface area (Å²) in [4.78, 5) is 0. The molecule has 0 bridgehead atoms. The van der Waals surface area contributed by atoms with E-state index in [1.54, 1.807) is 0 Å². The maximum Gasteiger partial charge on any atom is 0.264 e. The zero-order chi connectivity index (χ0) is 13.9. The highest BCUT2D eigenvalue weighted by atomic mass is 32.2. The van der Waals surface area contributed by atoms with Gasteiger partial charge in [-0.2, -0.15) is 8.42 Å². The number of alkyl halides is 1. The molecule has 0 fully saturated rings. The molecule has 7 heteroatoms. The molecule has 1 unspecified atom stereocenters. The lowest BCUT2D eigenvalue weighted by Gasteiger charge is -2.36. The van der Waals surface area contributed by atoms with Crippen molar-refractivity contribution in [1.29, 1.82) is 0 Å². The van der Waals surface area contributed by atoms with Gasteiger partial charge < -0.3 is 4.43 Å². The van der Waals surface area contributed by atoms with E-state index >= 15 is 0 Å². The fraction of sp³-hybridized carbons (Fsp3) is 1.00. The quantitative estimate of drug-likeness (QED) is 0.555. The van der Waals surface area contributed by atoms with E-state index < -0.39 is 31.2 Å². The highest BCUT2D eigenvalue weighted by Crippen LogP contribution is 2.36. The molecule has 104 valence electrons. The second-order valence-electron chi connectivity index (χ2n) is 5.65. The average Bonchev–Trinajstić information content (AvgIpc) is 2.08. The third-order valence-electron chi connectivity index (χ3n) is 2.92. The fourth-order valence-electron chi connectivity index (χ4n) is 0.863. The zero-order valence-corrected chi connectivity index (χ0v) is 13.2. The van der Waals surface area contributed by atoms with Crippen molar-refractivity contribution in [3.05, 3.63) is 0 Å². The van der Waals surface area contributed by atoms with Gasteiger partial charge >= 0.3 is 0 Å². The maximum atomic E-state index is 12.6. The molecule has 0 aromatic rings. The molecule has 0 rings (SSSR count). The smallest absolute Gasteiger partial charge is 0.264 e. The van der Waals surface area contributed by atoms with E-state index in [0.29, 0.717) is 0 Å². The average molecular weight is 286 g/mol. The first-order valence-corrected chi connectivity index (χ1v) is 10.2. The normalized spacial score (nSPS) is 15.9. The molecule has 1 atom stereocenters. The minimum absolute atomic E-state index is 0.00104. The molecule has 17 heavy (non-hydrogen) atoms. The van der Waals surface area contributed by atoms with Crippen molar-refractivity contribution in [3.8, 4) is 0 Å². The summed E-state index contributed by atoms with van der Waals surface area (Å²) < 4.78 is 44.7. The standard InChI is InChI=1S/C10H23FO4SSi/c1-10(2,3)17(5,6)14-8-9(7-11)15-16(4,12)13/h9H,7-8H2,1-6H3. The molecule has 0 saturated heterocycles. The van der Waals surface area contributed by atoms with Crippen LogP contribution in [-0.2, 0) is 18.7 Å². The minimum atomic E-state index is -3.64. The first-order valence-electron chi connectivity index (χ1n) is 5.47. The minimum Gasteiger partial charge on any atom is -0.414 e. The highest BCUT2D eigenvalue weighted by Gasteiger charge is 2.37. The summed E-state index contributed by atoms with van der Waals surface area (Å²) in [6, 6.07) is 0. The lowest BCUT2D eigenvalue weighted by atomic mass is 10.2. The monoisotopic (exact) mass is 286 g/mol. The molecule has 0 aromatic carbocycles. The van der Waals surface area contributed by atoms with E-state index in [2.05, 4.69) is 25.0 Å². The second-order valence-corrected chi connectivity index (χ2v) is 12.1. The summed E-state index contributed by atoms with van der Waals surface area (Å²) in [6.45, 7) is 9.30. The van der Waals surface area contributed by atoms with E-state index in [1.165, 1.54) is 0 Å². The van der Waals surface area contributed by atoms with Crippen molar-refractivity contribution in [3.63, 3.8) is 0 Å². The molecule has 4 nitrogen and oxygen atoms in total.